The van der Waals surface area contributed by atoms with Crippen molar-refractivity contribution >= 4 is 5.82 Å². The van der Waals surface area contributed by atoms with Crippen LogP contribution in [0.1, 0.15) is 5.69 Å². The fourth-order valence-corrected chi connectivity index (χ4v) is 1.77. The van der Waals surface area contributed by atoms with E-state index in [1.807, 2.05) is 6.92 Å². The Kier molecular flexibility index (Phi) is 3.13. The van der Waals surface area contributed by atoms with E-state index in [-0.39, 0.29) is 12.1 Å². The second kappa shape index (κ2) is 4.55. The average Bonchev–Trinajstić information content (AvgIpc) is 2.69. The van der Waals surface area contributed by atoms with Crippen molar-refractivity contribution in [2.75, 3.05) is 25.5 Å². The number of nitrogens with zero attached hydrogens (tertiary/aromatic N) is 2. The van der Waals surface area contributed by atoms with Crippen molar-refractivity contribution in [1.29, 1.82) is 0 Å². The Morgan fingerprint density at radius 2 is 2.20 bits per heavy atom. The maximum atomic E-state index is 5.36. The summed E-state index contributed by atoms with van der Waals surface area (Å²) in [5.74, 6) is 0.841. The third kappa shape index (κ3) is 2.24. The summed E-state index contributed by atoms with van der Waals surface area (Å²) in [4.78, 5) is 8.44. The van der Waals surface area contributed by atoms with Gasteiger partial charge in [-0.15, -0.1) is 0 Å². The molecule has 0 bridgehead atoms. The Balaban J connectivity index is 2.05. The highest BCUT2D eigenvalue weighted by atomic mass is 16.5. The molecule has 0 amide bonds. The van der Waals surface area contributed by atoms with Gasteiger partial charge < -0.3 is 15.4 Å². The second-order valence-corrected chi connectivity index (χ2v) is 3.67. The van der Waals surface area contributed by atoms with Gasteiger partial charge in [-0.25, -0.2) is 4.98 Å². The van der Waals surface area contributed by atoms with E-state index in [1.54, 1.807) is 19.5 Å². The Bertz CT molecular complexity index is 331. The molecule has 0 aromatic carbocycles. The van der Waals surface area contributed by atoms with Gasteiger partial charge in [0.15, 0.2) is 0 Å². The lowest BCUT2D eigenvalue weighted by Crippen LogP contribution is -2.34. The van der Waals surface area contributed by atoms with Crippen LogP contribution in [0.5, 0.6) is 0 Å². The molecule has 1 aliphatic heterocycles. The van der Waals surface area contributed by atoms with Crippen LogP contribution in [-0.2, 0) is 4.74 Å². The molecule has 1 fully saturated rings. The van der Waals surface area contributed by atoms with E-state index in [0.717, 1.165) is 24.6 Å². The topological polar surface area (TPSA) is 59.1 Å². The molecule has 2 atom stereocenters. The zero-order valence-corrected chi connectivity index (χ0v) is 9.03. The number of methoxy groups -OCH3 is 1. The average molecular weight is 208 g/mol. The molecule has 1 aromatic heterocycles. The lowest BCUT2D eigenvalue weighted by atomic mass is 10.2. The molecule has 5 nitrogen and oxygen atoms in total. The molecule has 1 saturated heterocycles. The van der Waals surface area contributed by atoms with Crippen molar-refractivity contribution in [3.63, 3.8) is 0 Å². The number of aromatic nitrogens is 2. The van der Waals surface area contributed by atoms with E-state index >= 15 is 0 Å². The molecule has 0 aliphatic carbocycles. The van der Waals surface area contributed by atoms with Gasteiger partial charge in [-0.1, -0.05) is 0 Å². The zero-order valence-electron chi connectivity index (χ0n) is 9.03. The Hall–Kier alpha value is -1.20. The summed E-state index contributed by atoms with van der Waals surface area (Å²) < 4.78 is 5.36. The van der Waals surface area contributed by atoms with Crippen LogP contribution in [-0.4, -0.2) is 42.3 Å². The van der Waals surface area contributed by atoms with Gasteiger partial charge in [0.05, 0.1) is 17.8 Å². The van der Waals surface area contributed by atoms with Crippen molar-refractivity contribution in [3.8, 4) is 0 Å². The molecule has 0 radical (unpaired) electrons. The number of aryl methyl sites for hydroxylation is 1. The highest BCUT2D eigenvalue weighted by Gasteiger charge is 2.27. The van der Waals surface area contributed by atoms with Gasteiger partial charge in [-0.05, 0) is 6.92 Å². The summed E-state index contributed by atoms with van der Waals surface area (Å²) in [6.07, 6.45) is 3.59. The fourth-order valence-electron chi connectivity index (χ4n) is 1.77. The third-order valence-corrected chi connectivity index (χ3v) is 2.66. The molecule has 1 unspecified atom stereocenters. The van der Waals surface area contributed by atoms with Gasteiger partial charge in [-0.3, -0.25) is 4.98 Å². The number of ether oxygens (including phenoxy) is 1. The van der Waals surface area contributed by atoms with E-state index in [4.69, 9.17) is 4.74 Å². The first-order valence-corrected chi connectivity index (χ1v) is 5.09. The molecule has 1 aromatic rings. The van der Waals surface area contributed by atoms with Crippen LogP contribution in [0.3, 0.4) is 0 Å². The lowest BCUT2D eigenvalue weighted by Gasteiger charge is -2.19. The molecular weight excluding hydrogens is 192 g/mol. The minimum atomic E-state index is 0.200. The quantitative estimate of drug-likeness (QED) is 0.742. The summed E-state index contributed by atoms with van der Waals surface area (Å²) in [5, 5.41) is 6.63. The molecule has 2 N–H and O–H groups in total. The highest BCUT2D eigenvalue weighted by molar-refractivity contribution is 5.40. The zero-order chi connectivity index (χ0) is 10.7. The molecule has 0 saturated carbocycles. The summed E-state index contributed by atoms with van der Waals surface area (Å²) in [7, 11) is 1.73. The fraction of sp³-hybridized carbons (Fsp3) is 0.600. The summed E-state index contributed by atoms with van der Waals surface area (Å²) in [6, 6.07) is 0.269. The Morgan fingerprint density at radius 3 is 2.93 bits per heavy atom. The monoisotopic (exact) mass is 208 g/mol. The molecule has 1 aliphatic rings. The summed E-state index contributed by atoms with van der Waals surface area (Å²) >= 11 is 0. The Labute approximate surface area is 89.3 Å². The van der Waals surface area contributed by atoms with Crippen molar-refractivity contribution in [3.05, 3.63) is 18.1 Å². The van der Waals surface area contributed by atoms with Gasteiger partial charge in [0, 0.05) is 32.6 Å². The summed E-state index contributed by atoms with van der Waals surface area (Å²) in [5.41, 5.74) is 0.916. The molecule has 82 valence electrons. The van der Waals surface area contributed by atoms with Crippen LogP contribution in [0.25, 0.3) is 0 Å². The standard InChI is InChI=1S/C10H16N4O/c1-7-10(13-4-3-12-7)14-8-5-11-6-9(8)15-2/h3-4,8-9,11H,5-6H2,1-2H3,(H,13,14)/t8?,9-/m0/s1. The van der Waals surface area contributed by atoms with Gasteiger partial charge in [0.1, 0.15) is 5.82 Å². The number of hydrogen-bond acceptors (Lipinski definition) is 5. The van der Waals surface area contributed by atoms with E-state index < -0.39 is 0 Å². The predicted molar refractivity (Wildman–Crippen MR) is 57.8 cm³/mol. The number of anilines is 1. The van der Waals surface area contributed by atoms with Crippen LogP contribution in [0, 0.1) is 6.92 Å². The maximum absolute atomic E-state index is 5.36. The smallest absolute Gasteiger partial charge is 0.147 e. The molecule has 0 spiro atoms. The van der Waals surface area contributed by atoms with Gasteiger partial charge in [0.25, 0.3) is 0 Å². The largest absolute Gasteiger partial charge is 0.378 e. The molecule has 2 rings (SSSR count). The second-order valence-electron chi connectivity index (χ2n) is 3.67. The number of rotatable bonds is 3. The van der Waals surface area contributed by atoms with Crippen LogP contribution in [0.15, 0.2) is 12.4 Å². The number of nitrogens with one attached hydrogen (secondary N) is 2. The first-order chi connectivity index (χ1) is 7.31. The first-order valence-electron chi connectivity index (χ1n) is 5.09. The summed E-state index contributed by atoms with van der Waals surface area (Å²) in [6.45, 7) is 3.72. The molecule has 2 heterocycles. The van der Waals surface area contributed by atoms with E-state index in [2.05, 4.69) is 20.6 Å². The molecule has 5 heteroatoms. The van der Waals surface area contributed by atoms with E-state index in [0.29, 0.717) is 0 Å². The van der Waals surface area contributed by atoms with Gasteiger partial charge >= 0.3 is 0 Å². The maximum Gasteiger partial charge on any atom is 0.147 e. The van der Waals surface area contributed by atoms with Crippen molar-refractivity contribution in [2.24, 2.45) is 0 Å². The van der Waals surface area contributed by atoms with E-state index in [9.17, 15) is 0 Å². The minimum absolute atomic E-state index is 0.200. The normalized spacial score (nSPS) is 25.5. The van der Waals surface area contributed by atoms with Crippen LogP contribution < -0.4 is 10.6 Å². The predicted octanol–water partition coefficient (Wildman–Crippen LogP) is 0.184. The van der Waals surface area contributed by atoms with Crippen LogP contribution in [0.4, 0.5) is 5.82 Å². The van der Waals surface area contributed by atoms with Crippen molar-refractivity contribution < 1.29 is 4.74 Å². The van der Waals surface area contributed by atoms with Crippen LogP contribution >= 0.6 is 0 Å². The number of hydrogen-bond donors (Lipinski definition) is 2. The SMILES string of the molecule is CO[C@H]1CNCC1Nc1nccnc1C. The lowest BCUT2D eigenvalue weighted by molar-refractivity contribution is 0.111. The third-order valence-electron chi connectivity index (χ3n) is 2.66. The molecular formula is C10H16N4O. The van der Waals surface area contributed by atoms with Gasteiger partial charge in [0.2, 0.25) is 0 Å². The minimum Gasteiger partial charge on any atom is -0.378 e. The van der Waals surface area contributed by atoms with E-state index in [1.165, 1.54) is 0 Å². The molecule has 15 heavy (non-hydrogen) atoms. The van der Waals surface area contributed by atoms with Gasteiger partial charge in [-0.2, -0.15) is 0 Å². The van der Waals surface area contributed by atoms with Crippen molar-refractivity contribution in [2.45, 2.75) is 19.1 Å². The van der Waals surface area contributed by atoms with Crippen LogP contribution in [0.2, 0.25) is 0 Å². The highest BCUT2D eigenvalue weighted by Crippen LogP contribution is 2.13. The Morgan fingerprint density at radius 1 is 1.40 bits per heavy atom. The van der Waals surface area contributed by atoms with Crippen molar-refractivity contribution in [1.82, 2.24) is 15.3 Å². The first kappa shape index (κ1) is 10.3.